The number of piperidine rings is 1. The summed E-state index contributed by atoms with van der Waals surface area (Å²) in [5, 5.41) is 0. The standard InChI is InChI=1S/C23H30N2O3S/c1-3-22(25(29(2,27)28)21-12-8-5-9-13-21)23(26)24-16-14-20(15-17-24)18-19-10-6-4-7-11-19/h4-13,20,22H,3,14-18H2,1-2H3/t22-/m0/s1. The Kier molecular flexibility index (Phi) is 6.96. The molecule has 1 atom stereocenters. The lowest BCUT2D eigenvalue weighted by atomic mass is 9.90. The minimum Gasteiger partial charge on any atom is -0.341 e. The number of hydrogen-bond acceptors (Lipinski definition) is 3. The van der Waals surface area contributed by atoms with Crippen LogP contribution in [0.5, 0.6) is 0 Å². The number of nitrogens with zero attached hydrogens (tertiary/aromatic N) is 2. The number of anilines is 1. The van der Waals surface area contributed by atoms with Gasteiger partial charge in [0.05, 0.1) is 11.9 Å². The first kappa shape index (κ1) is 21.4. The van der Waals surface area contributed by atoms with Gasteiger partial charge in [-0.15, -0.1) is 0 Å². The van der Waals surface area contributed by atoms with Crippen LogP contribution in [0.15, 0.2) is 60.7 Å². The van der Waals surface area contributed by atoms with Gasteiger partial charge in [0.2, 0.25) is 15.9 Å². The molecule has 0 aromatic heterocycles. The zero-order chi connectivity index (χ0) is 20.9. The Morgan fingerprint density at radius 1 is 1.03 bits per heavy atom. The van der Waals surface area contributed by atoms with Crippen LogP contribution in [0.25, 0.3) is 0 Å². The third-order valence-corrected chi connectivity index (χ3v) is 6.80. The first-order chi connectivity index (χ1) is 13.9. The summed E-state index contributed by atoms with van der Waals surface area (Å²) in [6, 6.07) is 18.6. The zero-order valence-corrected chi connectivity index (χ0v) is 18.0. The van der Waals surface area contributed by atoms with Gasteiger partial charge in [0.25, 0.3) is 0 Å². The fourth-order valence-corrected chi connectivity index (χ4v) is 5.34. The molecule has 2 aromatic rings. The van der Waals surface area contributed by atoms with E-state index in [1.165, 1.54) is 16.1 Å². The highest BCUT2D eigenvalue weighted by Crippen LogP contribution is 2.26. The van der Waals surface area contributed by atoms with Gasteiger partial charge < -0.3 is 4.90 Å². The summed E-state index contributed by atoms with van der Waals surface area (Å²) in [7, 11) is -3.58. The molecule has 1 amide bonds. The topological polar surface area (TPSA) is 57.7 Å². The molecule has 0 bridgehead atoms. The van der Waals surface area contributed by atoms with E-state index >= 15 is 0 Å². The van der Waals surface area contributed by atoms with Crippen LogP contribution in [-0.2, 0) is 21.2 Å². The highest BCUT2D eigenvalue weighted by molar-refractivity contribution is 7.92. The molecule has 1 saturated heterocycles. The van der Waals surface area contributed by atoms with Gasteiger partial charge in [-0.25, -0.2) is 8.42 Å². The molecule has 0 aliphatic carbocycles. The number of benzene rings is 2. The number of amides is 1. The average molecular weight is 415 g/mol. The maximum atomic E-state index is 13.3. The zero-order valence-electron chi connectivity index (χ0n) is 17.2. The monoisotopic (exact) mass is 414 g/mol. The van der Waals surface area contributed by atoms with Crippen molar-refractivity contribution < 1.29 is 13.2 Å². The molecule has 0 saturated carbocycles. The first-order valence-corrected chi connectivity index (χ1v) is 12.1. The second kappa shape index (κ2) is 9.44. The van der Waals surface area contributed by atoms with Crippen molar-refractivity contribution in [1.82, 2.24) is 4.90 Å². The minimum absolute atomic E-state index is 0.0973. The van der Waals surface area contributed by atoms with E-state index in [-0.39, 0.29) is 5.91 Å². The fraction of sp³-hybridized carbons (Fsp3) is 0.435. The van der Waals surface area contributed by atoms with Crippen LogP contribution in [0.3, 0.4) is 0 Å². The number of carbonyl (C=O) groups excluding carboxylic acids is 1. The molecule has 0 unspecified atom stereocenters. The molecule has 0 spiro atoms. The SMILES string of the molecule is CC[C@@H](C(=O)N1CCC(Cc2ccccc2)CC1)N(c1ccccc1)S(C)(=O)=O. The lowest BCUT2D eigenvalue weighted by molar-refractivity contribution is -0.133. The van der Waals surface area contributed by atoms with Crippen LogP contribution in [-0.4, -0.2) is 44.6 Å². The van der Waals surface area contributed by atoms with Crippen molar-refractivity contribution in [3.05, 3.63) is 66.2 Å². The molecule has 3 rings (SSSR count). The Morgan fingerprint density at radius 2 is 1.59 bits per heavy atom. The summed E-state index contributed by atoms with van der Waals surface area (Å²) in [6.07, 6.45) is 4.52. The average Bonchev–Trinajstić information content (AvgIpc) is 2.72. The highest BCUT2D eigenvalue weighted by atomic mass is 32.2. The summed E-state index contributed by atoms with van der Waals surface area (Å²) in [6.45, 7) is 3.23. The van der Waals surface area contributed by atoms with Crippen molar-refractivity contribution >= 4 is 21.6 Å². The summed E-state index contributed by atoms with van der Waals surface area (Å²) < 4.78 is 26.3. The Hall–Kier alpha value is -2.34. The van der Waals surface area contributed by atoms with E-state index in [2.05, 4.69) is 24.3 Å². The van der Waals surface area contributed by atoms with E-state index in [0.29, 0.717) is 31.1 Å². The van der Waals surface area contributed by atoms with Crippen molar-refractivity contribution in [1.29, 1.82) is 0 Å². The molecule has 1 aliphatic heterocycles. The molecular formula is C23H30N2O3S. The lowest BCUT2D eigenvalue weighted by Gasteiger charge is -2.37. The summed E-state index contributed by atoms with van der Waals surface area (Å²) >= 11 is 0. The van der Waals surface area contributed by atoms with Crippen molar-refractivity contribution in [2.45, 2.75) is 38.6 Å². The largest absolute Gasteiger partial charge is 0.341 e. The van der Waals surface area contributed by atoms with Crippen molar-refractivity contribution in [3.8, 4) is 0 Å². The van der Waals surface area contributed by atoms with Gasteiger partial charge in [-0.2, -0.15) is 0 Å². The summed E-state index contributed by atoms with van der Waals surface area (Å²) in [5.74, 6) is 0.460. The predicted octanol–water partition coefficient (Wildman–Crippen LogP) is 3.71. The van der Waals surface area contributed by atoms with Crippen LogP contribution >= 0.6 is 0 Å². The minimum atomic E-state index is -3.58. The van der Waals surface area contributed by atoms with Crippen LogP contribution in [0.4, 0.5) is 5.69 Å². The molecule has 2 aromatic carbocycles. The van der Waals surface area contributed by atoms with Gasteiger partial charge in [0.15, 0.2) is 0 Å². The second-order valence-electron chi connectivity index (χ2n) is 7.78. The number of likely N-dealkylation sites (tertiary alicyclic amines) is 1. The smallest absolute Gasteiger partial charge is 0.246 e. The van der Waals surface area contributed by atoms with Crippen LogP contribution in [0.2, 0.25) is 0 Å². The van der Waals surface area contributed by atoms with Gasteiger partial charge in [-0.05, 0) is 49.3 Å². The molecule has 29 heavy (non-hydrogen) atoms. The Balaban J connectivity index is 1.69. The summed E-state index contributed by atoms with van der Waals surface area (Å²) in [5.41, 5.74) is 1.87. The van der Waals surface area contributed by atoms with Crippen LogP contribution < -0.4 is 4.31 Å². The van der Waals surface area contributed by atoms with E-state index in [1.54, 1.807) is 24.3 Å². The number of carbonyl (C=O) groups is 1. The molecule has 6 heteroatoms. The molecule has 156 valence electrons. The first-order valence-electron chi connectivity index (χ1n) is 10.3. The van der Waals surface area contributed by atoms with E-state index in [0.717, 1.165) is 19.3 Å². The third kappa shape index (κ3) is 5.38. The third-order valence-electron chi connectivity index (χ3n) is 5.62. The van der Waals surface area contributed by atoms with E-state index in [4.69, 9.17) is 0 Å². The van der Waals surface area contributed by atoms with E-state index in [9.17, 15) is 13.2 Å². The van der Waals surface area contributed by atoms with Crippen molar-refractivity contribution in [2.24, 2.45) is 5.92 Å². The maximum Gasteiger partial charge on any atom is 0.246 e. The number of sulfonamides is 1. The molecule has 1 aliphatic rings. The Labute approximate surface area is 174 Å². The van der Waals surface area contributed by atoms with E-state index < -0.39 is 16.1 Å². The molecule has 1 fully saturated rings. The molecule has 0 radical (unpaired) electrons. The number of rotatable bonds is 7. The number of hydrogen-bond donors (Lipinski definition) is 0. The molecular weight excluding hydrogens is 384 g/mol. The van der Waals surface area contributed by atoms with Crippen LogP contribution in [0.1, 0.15) is 31.7 Å². The molecule has 5 nitrogen and oxygen atoms in total. The Morgan fingerprint density at radius 3 is 2.10 bits per heavy atom. The summed E-state index contributed by atoms with van der Waals surface area (Å²) in [4.78, 5) is 15.1. The molecule has 1 heterocycles. The van der Waals surface area contributed by atoms with Gasteiger partial charge in [-0.3, -0.25) is 9.10 Å². The maximum absolute atomic E-state index is 13.3. The van der Waals surface area contributed by atoms with Gasteiger partial charge in [0.1, 0.15) is 6.04 Å². The number of para-hydroxylation sites is 1. The normalized spacial score (nSPS) is 16.4. The highest BCUT2D eigenvalue weighted by Gasteiger charge is 2.35. The fourth-order valence-electron chi connectivity index (χ4n) is 4.13. The van der Waals surface area contributed by atoms with Gasteiger partial charge in [-0.1, -0.05) is 55.5 Å². The predicted molar refractivity (Wildman–Crippen MR) is 117 cm³/mol. The quantitative estimate of drug-likeness (QED) is 0.694. The molecule has 0 N–H and O–H groups in total. The van der Waals surface area contributed by atoms with Gasteiger partial charge >= 0.3 is 0 Å². The lowest BCUT2D eigenvalue weighted by Crippen LogP contribution is -2.52. The Bertz CT molecular complexity index is 892. The van der Waals surface area contributed by atoms with Gasteiger partial charge in [0, 0.05) is 13.1 Å². The van der Waals surface area contributed by atoms with Crippen molar-refractivity contribution in [2.75, 3.05) is 23.7 Å². The van der Waals surface area contributed by atoms with Crippen molar-refractivity contribution in [3.63, 3.8) is 0 Å². The van der Waals surface area contributed by atoms with Crippen LogP contribution in [0, 0.1) is 5.92 Å². The second-order valence-corrected chi connectivity index (χ2v) is 9.64. The van der Waals surface area contributed by atoms with E-state index in [1.807, 2.05) is 24.0 Å².